The van der Waals surface area contributed by atoms with Crippen molar-refractivity contribution in [2.24, 2.45) is 0 Å². The van der Waals surface area contributed by atoms with Gasteiger partial charge in [0, 0.05) is 57.4 Å². The van der Waals surface area contributed by atoms with Crippen LogP contribution >= 0.6 is 0 Å². The molecule has 2 heterocycles. The summed E-state index contributed by atoms with van der Waals surface area (Å²) < 4.78 is 0. The van der Waals surface area contributed by atoms with Crippen LogP contribution in [0.1, 0.15) is 20.3 Å². The van der Waals surface area contributed by atoms with Gasteiger partial charge in [0.15, 0.2) is 0 Å². The second-order valence-electron chi connectivity index (χ2n) is 7.52. The van der Waals surface area contributed by atoms with E-state index in [0.29, 0.717) is 0 Å². The maximum atomic E-state index is 12.1. The van der Waals surface area contributed by atoms with Gasteiger partial charge in [0.1, 0.15) is 5.82 Å². The van der Waals surface area contributed by atoms with Crippen LogP contribution in [0.15, 0.2) is 30.9 Å². The first-order valence-electron chi connectivity index (χ1n) is 10.4. The number of carbonyl (C=O) groups is 1. The molecule has 0 atom stereocenters. The van der Waals surface area contributed by atoms with E-state index in [1.54, 1.807) is 11.9 Å². The molecule has 0 N–H and O–H groups in total. The lowest BCUT2D eigenvalue weighted by atomic mass is 10.2. The van der Waals surface area contributed by atoms with Crippen molar-refractivity contribution in [2.45, 2.75) is 20.3 Å². The molecule has 0 aliphatic carbocycles. The number of benzene rings is 1. The van der Waals surface area contributed by atoms with Crippen LogP contribution in [0.2, 0.25) is 0 Å². The molecule has 29 heavy (non-hydrogen) atoms. The Morgan fingerprint density at radius 3 is 2.55 bits per heavy atom. The van der Waals surface area contributed by atoms with Gasteiger partial charge in [-0.1, -0.05) is 13.5 Å². The van der Waals surface area contributed by atoms with Crippen molar-refractivity contribution in [1.82, 2.24) is 14.9 Å². The van der Waals surface area contributed by atoms with Crippen molar-refractivity contribution >= 4 is 34.3 Å². The van der Waals surface area contributed by atoms with Crippen LogP contribution in [0, 0.1) is 0 Å². The number of anilines is 3. The first-order chi connectivity index (χ1) is 14.0. The fourth-order valence-corrected chi connectivity index (χ4v) is 3.63. The van der Waals surface area contributed by atoms with E-state index >= 15 is 0 Å². The number of nitrogens with zero attached hydrogens (tertiary/aromatic N) is 6. The Bertz CT molecular complexity index is 875. The van der Waals surface area contributed by atoms with Crippen molar-refractivity contribution in [3.63, 3.8) is 0 Å². The highest BCUT2D eigenvalue weighted by Crippen LogP contribution is 2.30. The summed E-state index contributed by atoms with van der Waals surface area (Å²) >= 11 is 0. The maximum absolute atomic E-state index is 12.1. The summed E-state index contributed by atoms with van der Waals surface area (Å²) in [6, 6.07) is 5.95. The van der Waals surface area contributed by atoms with E-state index in [9.17, 15) is 4.79 Å². The predicted octanol–water partition coefficient (Wildman–Crippen LogP) is 2.77. The zero-order valence-electron chi connectivity index (χ0n) is 18.1. The second-order valence-corrected chi connectivity index (χ2v) is 7.52. The number of likely N-dealkylation sites (N-methyl/N-ethyl adjacent to an activating group) is 2. The largest absolute Gasteiger partial charge is 0.356 e. The fraction of sp³-hybridized carbons (Fsp3) is 0.500. The number of fused-ring (bicyclic) bond motifs is 1. The van der Waals surface area contributed by atoms with E-state index in [0.717, 1.165) is 74.0 Å². The van der Waals surface area contributed by atoms with Crippen molar-refractivity contribution < 1.29 is 4.79 Å². The Balaban J connectivity index is 2.10. The number of carbonyl (C=O) groups excluding carboxylic acids is 1. The first-order valence-corrected chi connectivity index (χ1v) is 10.4. The van der Waals surface area contributed by atoms with Gasteiger partial charge < -0.3 is 19.6 Å². The summed E-state index contributed by atoms with van der Waals surface area (Å²) in [5, 5.41) is 1.02. The summed E-state index contributed by atoms with van der Waals surface area (Å²) in [6.07, 6.45) is 2.38. The Labute approximate surface area is 173 Å². The lowest BCUT2D eigenvalue weighted by Crippen LogP contribution is -2.45. The molecule has 0 radical (unpaired) electrons. The molecular weight excluding hydrogens is 364 g/mol. The normalized spacial score (nSPS) is 14.8. The minimum atomic E-state index is -0.140. The van der Waals surface area contributed by atoms with Crippen molar-refractivity contribution in [2.75, 3.05) is 68.1 Å². The van der Waals surface area contributed by atoms with Crippen LogP contribution in [0.5, 0.6) is 0 Å². The monoisotopic (exact) mass is 396 g/mol. The summed E-state index contributed by atoms with van der Waals surface area (Å²) in [4.78, 5) is 30.4. The average Bonchev–Trinajstić information content (AvgIpc) is 2.75. The number of rotatable bonds is 7. The minimum Gasteiger partial charge on any atom is -0.356 e. The van der Waals surface area contributed by atoms with E-state index in [-0.39, 0.29) is 5.91 Å². The van der Waals surface area contributed by atoms with E-state index in [1.165, 1.54) is 6.08 Å². The molecule has 1 aliphatic rings. The van der Waals surface area contributed by atoms with E-state index in [4.69, 9.17) is 9.97 Å². The highest BCUT2D eigenvalue weighted by atomic mass is 16.2. The van der Waals surface area contributed by atoms with Gasteiger partial charge in [-0.15, -0.1) is 0 Å². The highest BCUT2D eigenvalue weighted by molar-refractivity contribution is 6.02. The van der Waals surface area contributed by atoms with E-state index in [1.807, 2.05) is 18.2 Å². The van der Waals surface area contributed by atoms with E-state index in [2.05, 4.69) is 42.2 Å². The molecular formula is C22H32N6O. The van der Waals surface area contributed by atoms with Gasteiger partial charge in [-0.3, -0.25) is 4.79 Å². The lowest BCUT2D eigenvalue weighted by Gasteiger charge is -2.33. The Morgan fingerprint density at radius 2 is 1.93 bits per heavy atom. The fourth-order valence-electron chi connectivity index (χ4n) is 3.63. The first kappa shape index (κ1) is 21.0. The van der Waals surface area contributed by atoms with Crippen LogP contribution in [-0.4, -0.2) is 74.1 Å². The van der Waals surface area contributed by atoms with Gasteiger partial charge in [0.2, 0.25) is 11.9 Å². The number of aromatic nitrogens is 2. The van der Waals surface area contributed by atoms with Crippen LogP contribution in [0.4, 0.5) is 17.5 Å². The average molecular weight is 397 g/mol. The van der Waals surface area contributed by atoms with Gasteiger partial charge in [-0.2, -0.15) is 4.98 Å². The zero-order chi connectivity index (χ0) is 21.0. The second kappa shape index (κ2) is 9.22. The Morgan fingerprint density at radius 1 is 1.21 bits per heavy atom. The third kappa shape index (κ3) is 4.50. The van der Waals surface area contributed by atoms with Gasteiger partial charge >= 0.3 is 0 Å². The van der Waals surface area contributed by atoms with Crippen LogP contribution < -0.4 is 14.7 Å². The molecule has 0 unspecified atom stereocenters. The maximum Gasteiger partial charge on any atom is 0.250 e. The van der Waals surface area contributed by atoms with E-state index < -0.39 is 0 Å². The molecule has 156 valence electrons. The molecule has 0 bridgehead atoms. The topological polar surface area (TPSA) is 55.8 Å². The molecule has 1 saturated heterocycles. The smallest absolute Gasteiger partial charge is 0.250 e. The molecule has 0 saturated carbocycles. The SMILES string of the molecule is C=CC(=O)N(C)c1ccc2c(N(CC)CCC)nc(N3CCN(C)CC3)nc2c1. The summed E-state index contributed by atoms with van der Waals surface area (Å²) in [5.74, 6) is 1.60. The molecule has 1 aromatic heterocycles. The van der Waals surface area contributed by atoms with Crippen molar-refractivity contribution in [3.8, 4) is 0 Å². The number of piperazine rings is 1. The van der Waals surface area contributed by atoms with Gasteiger partial charge in [0.25, 0.3) is 0 Å². The van der Waals surface area contributed by atoms with Gasteiger partial charge in [-0.25, -0.2) is 4.98 Å². The summed E-state index contributed by atoms with van der Waals surface area (Å²) in [6.45, 7) is 13.6. The summed E-state index contributed by atoms with van der Waals surface area (Å²) in [5.41, 5.74) is 1.66. The van der Waals surface area contributed by atoms with Gasteiger partial charge in [-0.05, 0) is 44.7 Å². The molecule has 1 fully saturated rings. The summed E-state index contributed by atoms with van der Waals surface area (Å²) in [7, 11) is 3.90. The quantitative estimate of drug-likeness (QED) is 0.671. The van der Waals surface area contributed by atoms with Crippen LogP contribution in [0.25, 0.3) is 10.9 Å². The third-order valence-corrected chi connectivity index (χ3v) is 5.50. The lowest BCUT2D eigenvalue weighted by molar-refractivity contribution is -0.113. The standard InChI is InChI=1S/C22H32N6O/c1-6-11-27(8-3)21-18-10-9-17(26(5)20(29)7-2)16-19(18)23-22(24-21)28-14-12-25(4)13-15-28/h7,9-10,16H,2,6,8,11-15H2,1,3-5H3. The molecule has 1 aromatic carbocycles. The molecule has 7 nitrogen and oxygen atoms in total. The molecule has 3 rings (SSSR count). The van der Waals surface area contributed by atoms with Crippen LogP contribution in [-0.2, 0) is 4.79 Å². The number of amides is 1. The predicted molar refractivity (Wildman–Crippen MR) is 121 cm³/mol. The number of hydrogen-bond acceptors (Lipinski definition) is 6. The number of hydrogen-bond donors (Lipinski definition) is 0. The van der Waals surface area contributed by atoms with Crippen molar-refractivity contribution in [1.29, 1.82) is 0 Å². The minimum absolute atomic E-state index is 0.140. The van der Waals surface area contributed by atoms with Crippen molar-refractivity contribution in [3.05, 3.63) is 30.9 Å². The van der Waals surface area contributed by atoms with Gasteiger partial charge in [0.05, 0.1) is 5.52 Å². The van der Waals surface area contributed by atoms with Crippen LogP contribution in [0.3, 0.4) is 0 Å². The Kier molecular flexibility index (Phi) is 6.69. The molecule has 1 amide bonds. The molecule has 1 aliphatic heterocycles. The molecule has 2 aromatic rings. The highest BCUT2D eigenvalue weighted by Gasteiger charge is 2.21. The zero-order valence-corrected chi connectivity index (χ0v) is 18.1. The Hall–Kier alpha value is -2.67. The molecule has 7 heteroatoms. The molecule has 0 spiro atoms. The third-order valence-electron chi connectivity index (χ3n) is 5.50.